The Kier molecular flexibility index (Phi) is 13.9. The summed E-state index contributed by atoms with van der Waals surface area (Å²) >= 11 is 1.81. The van der Waals surface area contributed by atoms with Gasteiger partial charge in [-0.05, 0) is 178 Å². The molecular weight excluding hydrogens is 1020 g/mol. The van der Waals surface area contributed by atoms with Gasteiger partial charge in [-0.3, -0.25) is 0 Å². The van der Waals surface area contributed by atoms with Crippen LogP contribution in [0.4, 0.5) is 51.2 Å². The zero-order chi connectivity index (χ0) is 59.9. The van der Waals surface area contributed by atoms with Crippen molar-refractivity contribution in [2.24, 2.45) is 0 Å². The molecule has 0 bridgehead atoms. The van der Waals surface area contributed by atoms with E-state index < -0.39 is 0 Å². The lowest BCUT2D eigenvalue weighted by molar-refractivity contribution is 0.568. The van der Waals surface area contributed by atoms with Gasteiger partial charge in [-0.15, -0.1) is 11.3 Å². The third-order valence-electron chi connectivity index (χ3n) is 17.6. The first-order valence-corrected chi connectivity index (χ1v) is 31.1. The predicted molar refractivity (Wildman–Crippen MR) is 365 cm³/mol. The molecule has 0 spiro atoms. The number of thiazole rings is 1. The lowest BCUT2D eigenvalue weighted by atomic mass is 9.33. The zero-order valence-corrected chi connectivity index (χ0v) is 54.6. The highest BCUT2D eigenvalue weighted by Gasteiger charge is 2.45. The number of aromatic nitrogens is 1. The molecule has 426 valence electrons. The van der Waals surface area contributed by atoms with Gasteiger partial charge in [0.2, 0.25) is 0 Å². The van der Waals surface area contributed by atoms with Gasteiger partial charge >= 0.3 is 0 Å². The van der Waals surface area contributed by atoms with Crippen LogP contribution in [0.15, 0.2) is 158 Å². The van der Waals surface area contributed by atoms with Gasteiger partial charge in [0.05, 0.1) is 10.2 Å². The lowest BCUT2D eigenvalue weighted by Crippen LogP contribution is -2.61. The minimum atomic E-state index is -0.188. The smallest absolute Gasteiger partial charge is 0.252 e. The Balaban J connectivity index is 1.24. The van der Waals surface area contributed by atoms with Gasteiger partial charge in [-0.2, -0.15) is 0 Å². The Bertz CT molecular complexity index is 3840. The van der Waals surface area contributed by atoms with Gasteiger partial charge < -0.3 is 14.7 Å². The summed E-state index contributed by atoms with van der Waals surface area (Å²) in [5.41, 5.74) is 25.4. The second-order valence-corrected chi connectivity index (χ2v) is 32.3. The molecule has 0 saturated carbocycles. The van der Waals surface area contributed by atoms with Crippen molar-refractivity contribution in [1.82, 2.24) is 4.98 Å². The molecule has 0 fully saturated rings. The summed E-state index contributed by atoms with van der Waals surface area (Å²) in [5.74, 6) is 0. The molecule has 0 aliphatic carbocycles. The largest absolute Gasteiger partial charge is 0.311 e. The van der Waals surface area contributed by atoms with E-state index in [2.05, 4.69) is 318 Å². The molecule has 0 atom stereocenters. The molecule has 4 nitrogen and oxygen atoms in total. The molecule has 0 N–H and O–H groups in total. The molecule has 2 aliphatic heterocycles. The number of rotatable bonds is 6. The Hall–Kier alpha value is -6.89. The third kappa shape index (κ3) is 10.9. The molecule has 6 heteroatoms. The number of hydrogen-bond donors (Lipinski definition) is 0. The molecule has 83 heavy (non-hydrogen) atoms. The van der Waals surface area contributed by atoms with Crippen molar-refractivity contribution in [2.45, 2.75) is 183 Å². The molecule has 0 saturated heterocycles. The van der Waals surface area contributed by atoms with E-state index in [9.17, 15) is 0 Å². The summed E-state index contributed by atoms with van der Waals surface area (Å²) in [5, 5.41) is 1.04. The van der Waals surface area contributed by atoms with Crippen molar-refractivity contribution in [3.63, 3.8) is 0 Å². The van der Waals surface area contributed by atoms with Crippen molar-refractivity contribution >= 4 is 95.8 Å². The van der Waals surface area contributed by atoms with Crippen LogP contribution >= 0.6 is 11.3 Å². The van der Waals surface area contributed by atoms with Gasteiger partial charge in [0.1, 0.15) is 5.01 Å². The first-order chi connectivity index (χ1) is 38.5. The summed E-state index contributed by atoms with van der Waals surface area (Å²) in [6.07, 6.45) is 0. The van der Waals surface area contributed by atoms with Crippen LogP contribution in [0.1, 0.15) is 184 Å². The lowest BCUT2D eigenvalue weighted by Gasteiger charge is -2.45. The highest BCUT2D eigenvalue weighted by atomic mass is 32.1. The SMILES string of the molecule is CC(C)(C)c1ccc(-c2nc3cc4c(cc3s2)B2c3ccc(N(c5ccc(C(C)(C)C)cc5)c5ccc(C(C)(C)C)cc5)cc3N(c3ccc(C(C)(C)C)cc3)c3cc(C(C)(C)C)cc(c32)N4c2cc(C(C)(C)C)cc(C(C)(C)C)c2)cc1. The van der Waals surface area contributed by atoms with E-state index >= 15 is 0 Å². The third-order valence-corrected chi connectivity index (χ3v) is 18.6. The van der Waals surface area contributed by atoms with Crippen LogP contribution in [-0.4, -0.2) is 11.7 Å². The van der Waals surface area contributed by atoms with Crippen LogP contribution in [0.25, 0.3) is 20.8 Å². The molecule has 1 aromatic heterocycles. The average Bonchev–Trinajstić information content (AvgIpc) is 1.31. The van der Waals surface area contributed by atoms with E-state index in [-0.39, 0.29) is 44.6 Å². The highest BCUT2D eigenvalue weighted by Crippen LogP contribution is 2.50. The first kappa shape index (κ1) is 57.9. The Morgan fingerprint density at radius 1 is 0.337 bits per heavy atom. The second-order valence-electron chi connectivity index (χ2n) is 31.2. The Morgan fingerprint density at radius 2 is 0.723 bits per heavy atom. The van der Waals surface area contributed by atoms with E-state index in [4.69, 9.17) is 4.98 Å². The Morgan fingerprint density at radius 3 is 1.17 bits per heavy atom. The maximum Gasteiger partial charge on any atom is 0.252 e. The van der Waals surface area contributed by atoms with Crippen LogP contribution in [0, 0.1) is 0 Å². The molecular formula is C77H89BN4S. The number of anilines is 9. The minimum absolute atomic E-state index is 0.0110. The van der Waals surface area contributed by atoms with Crippen molar-refractivity contribution in [3.05, 3.63) is 197 Å². The van der Waals surface area contributed by atoms with Gasteiger partial charge in [0, 0.05) is 56.7 Å². The van der Waals surface area contributed by atoms with Crippen molar-refractivity contribution in [2.75, 3.05) is 14.7 Å². The van der Waals surface area contributed by atoms with E-state index in [1.807, 2.05) is 11.3 Å². The summed E-state index contributed by atoms with van der Waals surface area (Å²) < 4.78 is 1.19. The van der Waals surface area contributed by atoms with Gasteiger partial charge in [0.25, 0.3) is 6.71 Å². The zero-order valence-electron chi connectivity index (χ0n) is 53.8. The quantitative estimate of drug-likeness (QED) is 0.155. The van der Waals surface area contributed by atoms with E-state index in [0.29, 0.717) is 0 Å². The molecule has 8 aromatic carbocycles. The molecule has 0 amide bonds. The molecule has 9 aromatic rings. The van der Waals surface area contributed by atoms with E-state index in [1.165, 1.54) is 88.5 Å². The molecule has 0 radical (unpaired) electrons. The summed E-state index contributed by atoms with van der Waals surface area (Å²) in [7, 11) is 0. The average molecular weight is 1110 g/mol. The number of nitrogens with zero attached hydrogens (tertiary/aromatic N) is 4. The van der Waals surface area contributed by atoms with Crippen LogP contribution in [-0.2, 0) is 37.9 Å². The van der Waals surface area contributed by atoms with Gasteiger partial charge in [-0.1, -0.05) is 218 Å². The van der Waals surface area contributed by atoms with Crippen LogP contribution in [0.5, 0.6) is 0 Å². The maximum absolute atomic E-state index is 5.54. The first-order valence-electron chi connectivity index (χ1n) is 30.3. The monoisotopic (exact) mass is 1110 g/mol. The summed E-state index contributed by atoms with van der Waals surface area (Å²) in [6.45, 7) is 48.7. The van der Waals surface area contributed by atoms with Crippen LogP contribution < -0.4 is 31.1 Å². The summed E-state index contributed by atoms with van der Waals surface area (Å²) in [4.78, 5) is 13.3. The minimum Gasteiger partial charge on any atom is -0.311 e. The number of hydrogen-bond acceptors (Lipinski definition) is 5. The van der Waals surface area contributed by atoms with E-state index in [1.54, 1.807) is 0 Å². The van der Waals surface area contributed by atoms with Gasteiger partial charge in [0.15, 0.2) is 0 Å². The number of fused-ring (bicyclic) bond motifs is 5. The second kappa shape index (κ2) is 19.9. The topological polar surface area (TPSA) is 22.6 Å². The van der Waals surface area contributed by atoms with Crippen molar-refractivity contribution in [3.8, 4) is 10.6 Å². The fourth-order valence-corrected chi connectivity index (χ4v) is 13.2. The fourth-order valence-electron chi connectivity index (χ4n) is 12.1. The standard InChI is InChI=1S/C77H89BN4S/c1-71(2,3)49-24-22-48(23-25-49)70-79-63-47-65-62(46-68(63)83-70)78-61-39-38-59(80(56-32-26-50(27-33-56)72(4,5)6)57-34-28-51(29-35-57)73(7,8)9)45-64(61)81(58-36-30-52(31-37-58)74(10,11)12)66-43-55(77(19,20)21)44-67(69(66)78)82(65)60-41-53(75(13,14)15)40-54(42-60)76(16,17)18/h22-47H,1-21H3. The molecule has 2 aliphatic rings. The maximum atomic E-state index is 5.54. The highest BCUT2D eigenvalue weighted by molar-refractivity contribution is 7.21. The fraction of sp³-hybridized carbons (Fsp3) is 0.364. The van der Waals surface area contributed by atoms with Crippen molar-refractivity contribution in [1.29, 1.82) is 0 Å². The summed E-state index contributed by atoms with van der Waals surface area (Å²) in [6, 6.07) is 61.9. The van der Waals surface area contributed by atoms with Gasteiger partial charge in [-0.25, -0.2) is 4.98 Å². The predicted octanol–water partition coefficient (Wildman–Crippen LogP) is 20.6. The Labute approximate surface area is 503 Å². The van der Waals surface area contributed by atoms with Crippen LogP contribution in [0.2, 0.25) is 0 Å². The van der Waals surface area contributed by atoms with Crippen molar-refractivity contribution < 1.29 is 0 Å². The molecule has 3 heterocycles. The van der Waals surface area contributed by atoms with Crippen LogP contribution in [0.3, 0.4) is 0 Å². The van der Waals surface area contributed by atoms with E-state index in [0.717, 1.165) is 38.8 Å². The molecule has 0 unspecified atom stereocenters. The number of benzene rings is 8. The normalized spacial score (nSPS) is 14.0. The molecule has 11 rings (SSSR count).